The smallest absolute Gasteiger partial charge is 0.0558 e. The molecule has 0 aromatic carbocycles. The number of aliphatic hydroxyl groups excluding tert-OH is 1. The summed E-state index contributed by atoms with van der Waals surface area (Å²) in [6, 6.07) is 0.753. The van der Waals surface area contributed by atoms with E-state index in [9.17, 15) is 0 Å². The molecule has 0 aromatic heterocycles. The maximum absolute atomic E-state index is 8.96. The molecule has 0 aromatic rings. The Morgan fingerprint density at radius 3 is 2.81 bits per heavy atom. The second-order valence-electron chi connectivity index (χ2n) is 4.95. The fourth-order valence-corrected chi connectivity index (χ4v) is 2.87. The van der Waals surface area contributed by atoms with E-state index in [1.165, 1.54) is 45.4 Å². The molecule has 0 amide bonds. The van der Waals surface area contributed by atoms with Crippen LogP contribution in [-0.4, -0.2) is 73.4 Å². The average molecular weight is 227 g/mol. The molecule has 0 aliphatic carbocycles. The lowest BCUT2D eigenvalue weighted by molar-refractivity contribution is 0.162. The summed E-state index contributed by atoms with van der Waals surface area (Å²) in [5.41, 5.74) is 0. The van der Waals surface area contributed by atoms with Crippen LogP contribution in [-0.2, 0) is 0 Å². The molecule has 4 heteroatoms. The van der Waals surface area contributed by atoms with Gasteiger partial charge in [-0.2, -0.15) is 0 Å². The predicted molar refractivity (Wildman–Crippen MR) is 65.6 cm³/mol. The Labute approximate surface area is 98.6 Å². The molecule has 1 unspecified atom stereocenters. The second-order valence-corrected chi connectivity index (χ2v) is 4.95. The molecule has 2 aliphatic rings. The third-order valence-corrected chi connectivity index (χ3v) is 3.83. The Morgan fingerprint density at radius 1 is 1.12 bits per heavy atom. The van der Waals surface area contributed by atoms with Crippen molar-refractivity contribution in [2.24, 2.45) is 0 Å². The fraction of sp³-hybridized carbons (Fsp3) is 1.00. The Hall–Kier alpha value is -0.160. The minimum Gasteiger partial charge on any atom is -0.395 e. The highest BCUT2D eigenvalue weighted by molar-refractivity contribution is 4.81. The summed E-state index contributed by atoms with van der Waals surface area (Å²) in [7, 11) is 0. The number of β-amino-alcohol motifs (C(OH)–C–C–N with tert-alkyl or cyclic N) is 1. The van der Waals surface area contributed by atoms with Crippen LogP contribution in [0.15, 0.2) is 0 Å². The zero-order valence-electron chi connectivity index (χ0n) is 10.2. The zero-order valence-corrected chi connectivity index (χ0v) is 10.2. The molecule has 0 bridgehead atoms. The van der Waals surface area contributed by atoms with Gasteiger partial charge in [0.05, 0.1) is 6.61 Å². The Kier molecular flexibility index (Phi) is 5.03. The predicted octanol–water partition coefficient (Wildman–Crippen LogP) is -0.262. The maximum atomic E-state index is 8.96. The summed E-state index contributed by atoms with van der Waals surface area (Å²) < 4.78 is 0. The number of hydrogen-bond acceptors (Lipinski definition) is 4. The number of rotatable bonds is 3. The summed E-state index contributed by atoms with van der Waals surface area (Å²) in [6.07, 6.45) is 3.92. The second kappa shape index (κ2) is 6.55. The van der Waals surface area contributed by atoms with Crippen LogP contribution in [0.5, 0.6) is 0 Å². The van der Waals surface area contributed by atoms with Gasteiger partial charge in [-0.3, -0.25) is 9.80 Å². The van der Waals surface area contributed by atoms with Crippen molar-refractivity contribution in [2.45, 2.75) is 25.3 Å². The van der Waals surface area contributed by atoms with Crippen LogP contribution in [0.4, 0.5) is 0 Å². The van der Waals surface area contributed by atoms with Crippen molar-refractivity contribution in [3.8, 4) is 0 Å². The number of piperidine rings is 1. The zero-order chi connectivity index (χ0) is 11.2. The lowest BCUT2D eigenvalue weighted by atomic mass is 10.1. The van der Waals surface area contributed by atoms with Gasteiger partial charge in [-0.05, 0) is 38.9 Å². The molecule has 0 saturated carbocycles. The van der Waals surface area contributed by atoms with Gasteiger partial charge < -0.3 is 10.4 Å². The molecule has 2 rings (SSSR count). The largest absolute Gasteiger partial charge is 0.395 e. The van der Waals surface area contributed by atoms with E-state index in [2.05, 4.69) is 15.1 Å². The van der Waals surface area contributed by atoms with E-state index in [0.29, 0.717) is 6.61 Å². The molecule has 1 atom stereocenters. The van der Waals surface area contributed by atoms with Gasteiger partial charge in [-0.15, -0.1) is 0 Å². The van der Waals surface area contributed by atoms with Gasteiger partial charge in [-0.1, -0.05) is 0 Å². The van der Waals surface area contributed by atoms with Gasteiger partial charge in [-0.25, -0.2) is 0 Å². The van der Waals surface area contributed by atoms with Gasteiger partial charge in [0.15, 0.2) is 0 Å². The number of hydrogen-bond donors (Lipinski definition) is 2. The Bertz CT molecular complexity index is 195. The van der Waals surface area contributed by atoms with Crippen molar-refractivity contribution < 1.29 is 5.11 Å². The third kappa shape index (κ3) is 3.42. The van der Waals surface area contributed by atoms with Gasteiger partial charge in [0.25, 0.3) is 0 Å². The summed E-state index contributed by atoms with van der Waals surface area (Å²) >= 11 is 0. The van der Waals surface area contributed by atoms with Crippen molar-refractivity contribution in [3.05, 3.63) is 0 Å². The van der Waals surface area contributed by atoms with E-state index >= 15 is 0 Å². The Morgan fingerprint density at radius 2 is 2.06 bits per heavy atom. The first kappa shape index (κ1) is 12.3. The van der Waals surface area contributed by atoms with Crippen molar-refractivity contribution in [1.82, 2.24) is 15.1 Å². The van der Waals surface area contributed by atoms with Crippen LogP contribution >= 0.6 is 0 Å². The highest BCUT2D eigenvalue weighted by atomic mass is 16.3. The van der Waals surface area contributed by atoms with Crippen LogP contribution in [0.3, 0.4) is 0 Å². The number of nitrogens with zero attached hydrogens (tertiary/aromatic N) is 2. The summed E-state index contributed by atoms with van der Waals surface area (Å²) in [5.74, 6) is 0. The minimum absolute atomic E-state index is 0.297. The summed E-state index contributed by atoms with van der Waals surface area (Å²) in [6.45, 7) is 8.18. The van der Waals surface area contributed by atoms with Crippen molar-refractivity contribution >= 4 is 0 Å². The van der Waals surface area contributed by atoms with E-state index < -0.39 is 0 Å². The molecule has 94 valence electrons. The molecule has 2 heterocycles. The first-order valence-corrected chi connectivity index (χ1v) is 6.68. The standard InChI is InChI=1S/C12H25N3O/c16-10-9-14-5-2-6-15(8-7-14)12-3-1-4-13-11-12/h12-13,16H,1-11H2. The van der Waals surface area contributed by atoms with E-state index in [0.717, 1.165) is 25.7 Å². The van der Waals surface area contributed by atoms with Crippen molar-refractivity contribution in [1.29, 1.82) is 0 Å². The highest BCUT2D eigenvalue weighted by Gasteiger charge is 2.23. The maximum Gasteiger partial charge on any atom is 0.0558 e. The van der Waals surface area contributed by atoms with Gasteiger partial charge in [0, 0.05) is 32.2 Å². The molecule has 2 aliphatic heterocycles. The Balaban J connectivity index is 1.78. The molecule has 0 radical (unpaired) electrons. The van der Waals surface area contributed by atoms with Gasteiger partial charge in [0.2, 0.25) is 0 Å². The van der Waals surface area contributed by atoms with E-state index in [1.807, 2.05) is 0 Å². The molecule has 2 saturated heterocycles. The summed E-state index contributed by atoms with van der Waals surface area (Å²) in [4.78, 5) is 5.03. The topological polar surface area (TPSA) is 38.7 Å². The molecule has 4 nitrogen and oxygen atoms in total. The van der Waals surface area contributed by atoms with Crippen molar-refractivity contribution in [3.63, 3.8) is 0 Å². The molecule has 0 spiro atoms. The van der Waals surface area contributed by atoms with E-state index in [-0.39, 0.29) is 0 Å². The van der Waals surface area contributed by atoms with E-state index in [1.54, 1.807) is 0 Å². The number of aliphatic hydroxyl groups is 1. The molecule has 2 N–H and O–H groups in total. The lowest BCUT2D eigenvalue weighted by Crippen LogP contribution is -2.47. The van der Waals surface area contributed by atoms with Crippen molar-refractivity contribution in [2.75, 3.05) is 52.4 Å². The quantitative estimate of drug-likeness (QED) is 0.697. The van der Waals surface area contributed by atoms with Crippen LogP contribution in [0.25, 0.3) is 0 Å². The molecule has 16 heavy (non-hydrogen) atoms. The SMILES string of the molecule is OCCN1CCCN(C2CCCNC2)CC1. The van der Waals surface area contributed by atoms with Crippen LogP contribution in [0.2, 0.25) is 0 Å². The highest BCUT2D eigenvalue weighted by Crippen LogP contribution is 2.13. The molecule has 2 fully saturated rings. The number of nitrogens with one attached hydrogen (secondary N) is 1. The normalized spacial score (nSPS) is 30.2. The molecular formula is C12H25N3O. The van der Waals surface area contributed by atoms with Gasteiger partial charge in [0.1, 0.15) is 0 Å². The van der Waals surface area contributed by atoms with E-state index in [4.69, 9.17) is 5.11 Å². The fourth-order valence-electron chi connectivity index (χ4n) is 2.87. The first-order chi connectivity index (χ1) is 7.90. The van der Waals surface area contributed by atoms with Crippen LogP contribution in [0, 0.1) is 0 Å². The lowest BCUT2D eigenvalue weighted by Gasteiger charge is -2.33. The minimum atomic E-state index is 0.297. The van der Waals surface area contributed by atoms with Crippen LogP contribution in [0.1, 0.15) is 19.3 Å². The third-order valence-electron chi connectivity index (χ3n) is 3.83. The van der Waals surface area contributed by atoms with Crippen LogP contribution < -0.4 is 5.32 Å². The monoisotopic (exact) mass is 227 g/mol. The summed E-state index contributed by atoms with van der Waals surface area (Å²) in [5, 5.41) is 12.5. The first-order valence-electron chi connectivity index (χ1n) is 6.68. The average Bonchev–Trinajstić information content (AvgIpc) is 2.57. The molecular weight excluding hydrogens is 202 g/mol. The van der Waals surface area contributed by atoms with Gasteiger partial charge >= 0.3 is 0 Å².